The normalized spacial score (nSPS) is 17.8. The van der Waals surface area contributed by atoms with E-state index in [4.69, 9.17) is 11.6 Å². The molecule has 8 heteroatoms. The average molecular weight is 440 g/mol. The maximum absolute atomic E-state index is 14.6. The van der Waals surface area contributed by atoms with Crippen LogP contribution in [0.3, 0.4) is 0 Å². The molecule has 1 saturated heterocycles. The summed E-state index contributed by atoms with van der Waals surface area (Å²) in [6.07, 6.45) is 5.96. The molecule has 1 unspecified atom stereocenters. The summed E-state index contributed by atoms with van der Waals surface area (Å²) in [7, 11) is 0. The van der Waals surface area contributed by atoms with Crippen LogP contribution in [0, 0.1) is 5.82 Å². The van der Waals surface area contributed by atoms with Crippen molar-refractivity contribution in [2.45, 2.75) is 25.1 Å². The minimum Gasteiger partial charge on any atom is -0.375 e. The Kier molecular flexibility index (Phi) is 4.73. The van der Waals surface area contributed by atoms with Crippen molar-refractivity contribution < 1.29 is 9.50 Å². The molecule has 0 aliphatic carbocycles. The molecule has 136 valence electrons. The zero-order chi connectivity index (χ0) is 18.4. The van der Waals surface area contributed by atoms with E-state index in [1.165, 1.54) is 6.08 Å². The first-order valence-electron chi connectivity index (χ1n) is 8.35. The monoisotopic (exact) mass is 438 g/mol. The molecule has 1 aromatic carbocycles. The van der Waals surface area contributed by atoms with Gasteiger partial charge >= 0.3 is 0 Å². The third kappa shape index (κ3) is 2.83. The Morgan fingerprint density at radius 2 is 2.12 bits per heavy atom. The van der Waals surface area contributed by atoms with Gasteiger partial charge in [-0.1, -0.05) is 18.2 Å². The van der Waals surface area contributed by atoms with E-state index in [0.29, 0.717) is 10.4 Å². The fourth-order valence-corrected chi connectivity index (χ4v) is 4.09. The van der Waals surface area contributed by atoms with Crippen LogP contribution in [-0.2, 0) is 0 Å². The zero-order valence-electron chi connectivity index (χ0n) is 13.9. The predicted octanol–water partition coefficient (Wildman–Crippen LogP) is 4.28. The highest BCUT2D eigenvalue weighted by molar-refractivity contribution is 9.10. The fourth-order valence-electron chi connectivity index (χ4n) is 3.60. The van der Waals surface area contributed by atoms with Crippen molar-refractivity contribution in [3.05, 3.63) is 46.4 Å². The molecule has 0 saturated carbocycles. The molecule has 1 aliphatic heterocycles. The van der Waals surface area contributed by atoms with Crippen molar-refractivity contribution in [1.29, 1.82) is 0 Å². The number of aromatic nitrogens is 3. The van der Waals surface area contributed by atoms with Gasteiger partial charge in [0.05, 0.1) is 27.3 Å². The first-order valence-corrected chi connectivity index (χ1v) is 9.52. The molecule has 0 radical (unpaired) electrons. The highest BCUT2D eigenvalue weighted by atomic mass is 79.9. The summed E-state index contributed by atoms with van der Waals surface area (Å²) in [6.45, 7) is 5.11. The summed E-state index contributed by atoms with van der Waals surface area (Å²) < 4.78 is 16.7. The van der Waals surface area contributed by atoms with E-state index >= 15 is 0 Å². The second kappa shape index (κ2) is 6.88. The van der Waals surface area contributed by atoms with Crippen LogP contribution in [0.5, 0.6) is 0 Å². The number of piperidine rings is 1. The maximum atomic E-state index is 14.6. The molecule has 0 bridgehead atoms. The van der Waals surface area contributed by atoms with Crippen LogP contribution in [0.4, 0.5) is 4.39 Å². The van der Waals surface area contributed by atoms with Crippen LogP contribution in [0.1, 0.15) is 18.9 Å². The topological polar surface area (TPSA) is 54.2 Å². The lowest BCUT2D eigenvalue weighted by Crippen LogP contribution is -2.40. The number of likely N-dealkylation sites (tertiary alicyclic amines) is 1. The van der Waals surface area contributed by atoms with Crippen molar-refractivity contribution in [3.8, 4) is 0 Å². The summed E-state index contributed by atoms with van der Waals surface area (Å²) in [5.41, 5.74) is 1.11. The Bertz CT molecular complexity index is 1000. The van der Waals surface area contributed by atoms with E-state index in [9.17, 15) is 9.50 Å². The summed E-state index contributed by atoms with van der Waals surface area (Å²) in [4.78, 5) is 6.22. The lowest BCUT2D eigenvalue weighted by Gasteiger charge is -2.34. The average Bonchev–Trinajstić information content (AvgIpc) is 3.10. The molecule has 3 heterocycles. The molecule has 3 aromatic rings. The van der Waals surface area contributed by atoms with Crippen molar-refractivity contribution in [3.63, 3.8) is 0 Å². The number of hydrogen-bond acceptors (Lipinski definition) is 4. The molecular formula is C18H17BrClFN4O. The van der Waals surface area contributed by atoms with Crippen molar-refractivity contribution in [1.82, 2.24) is 19.7 Å². The smallest absolute Gasteiger partial charge is 0.165 e. The van der Waals surface area contributed by atoms with E-state index in [2.05, 4.69) is 32.6 Å². The highest BCUT2D eigenvalue weighted by Gasteiger charge is 2.26. The third-order valence-corrected chi connectivity index (χ3v) is 6.28. The minimum atomic E-state index is -0.624. The number of benzene rings is 1. The molecule has 26 heavy (non-hydrogen) atoms. The van der Waals surface area contributed by atoms with Gasteiger partial charge in [-0.2, -0.15) is 5.10 Å². The Labute approximate surface area is 163 Å². The molecule has 4 rings (SSSR count). The number of aliphatic hydroxyl groups excluding tert-OH is 1. The Morgan fingerprint density at radius 3 is 2.81 bits per heavy atom. The number of rotatable bonds is 3. The first kappa shape index (κ1) is 17.9. The molecule has 2 aromatic heterocycles. The summed E-state index contributed by atoms with van der Waals surface area (Å²) in [5, 5.41) is 16.3. The fraction of sp³-hybridized carbons (Fsp3) is 0.333. The van der Waals surface area contributed by atoms with Gasteiger partial charge in [0.15, 0.2) is 5.82 Å². The van der Waals surface area contributed by atoms with Gasteiger partial charge < -0.3 is 5.11 Å². The number of aliphatic hydroxyl groups is 1. The summed E-state index contributed by atoms with van der Waals surface area (Å²) >= 11 is 9.35. The van der Waals surface area contributed by atoms with Gasteiger partial charge in [0, 0.05) is 30.1 Å². The SMILES string of the molecule is C=CC(O)N1CCC(n2ncc3cnc4c(F)c(Br)c(Cl)cc4c32)CC1. The van der Waals surface area contributed by atoms with Gasteiger partial charge in [-0.05, 0) is 40.9 Å². The van der Waals surface area contributed by atoms with Crippen molar-refractivity contribution in [2.24, 2.45) is 0 Å². The van der Waals surface area contributed by atoms with Crippen LogP contribution < -0.4 is 0 Å². The zero-order valence-corrected chi connectivity index (χ0v) is 16.2. The van der Waals surface area contributed by atoms with Crippen LogP contribution in [0.15, 0.2) is 35.6 Å². The van der Waals surface area contributed by atoms with Crippen molar-refractivity contribution >= 4 is 49.3 Å². The number of pyridine rings is 1. The van der Waals surface area contributed by atoms with Crippen LogP contribution in [0.2, 0.25) is 5.02 Å². The number of halogens is 3. The molecule has 1 aliphatic rings. The van der Waals surface area contributed by atoms with E-state index in [0.717, 1.165) is 36.8 Å². The molecular weight excluding hydrogens is 423 g/mol. The van der Waals surface area contributed by atoms with Gasteiger partial charge in [-0.3, -0.25) is 14.6 Å². The second-order valence-electron chi connectivity index (χ2n) is 6.45. The number of nitrogens with zero attached hydrogens (tertiary/aromatic N) is 4. The van der Waals surface area contributed by atoms with E-state index in [1.807, 2.05) is 9.58 Å². The standard InChI is InChI=1S/C18H17BrClFN4O/c1-2-14(26)24-5-3-11(4-6-24)25-18-10(9-23-25)8-22-17-12(18)7-13(20)15(19)16(17)21/h2,7-9,11,14,26H,1,3-6H2. The molecule has 0 spiro atoms. The molecule has 0 amide bonds. The maximum Gasteiger partial charge on any atom is 0.165 e. The van der Waals surface area contributed by atoms with E-state index < -0.39 is 12.0 Å². The van der Waals surface area contributed by atoms with Crippen molar-refractivity contribution in [2.75, 3.05) is 13.1 Å². The minimum absolute atomic E-state index is 0.164. The largest absolute Gasteiger partial charge is 0.375 e. The Balaban J connectivity index is 1.78. The summed E-state index contributed by atoms with van der Waals surface area (Å²) in [6, 6.07) is 1.89. The first-order chi connectivity index (χ1) is 12.5. The van der Waals surface area contributed by atoms with Crippen LogP contribution in [0.25, 0.3) is 21.8 Å². The predicted molar refractivity (Wildman–Crippen MR) is 104 cm³/mol. The third-order valence-electron chi connectivity index (χ3n) is 4.98. The van der Waals surface area contributed by atoms with E-state index in [1.54, 1.807) is 18.5 Å². The summed E-state index contributed by atoms with van der Waals surface area (Å²) in [5.74, 6) is -0.467. The number of fused-ring (bicyclic) bond motifs is 3. The van der Waals surface area contributed by atoms with Crippen LogP contribution in [-0.4, -0.2) is 44.1 Å². The lowest BCUT2D eigenvalue weighted by atomic mass is 10.0. The Hall–Kier alpha value is -1.54. The molecule has 5 nitrogen and oxygen atoms in total. The number of hydrogen-bond donors (Lipinski definition) is 1. The van der Waals surface area contributed by atoms with Gasteiger partial charge in [0.1, 0.15) is 11.7 Å². The van der Waals surface area contributed by atoms with E-state index in [-0.39, 0.29) is 16.0 Å². The van der Waals surface area contributed by atoms with Gasteiger partial charge in [0.25, 0.3) is 0 Å². The molecule has 1 N–H and O–H groups in total. The lowest BCUT2D eigenvalue weighted by molar-refractivity contribution is 0.0179. The van der Waals surface area contributed by atoms with Gasteiger partial charge in [-0.15, -0.1) is 0 Å². The van der Waals surface area contributed by atoms with Gasteiger partial charge in [0.2, 0.25) is 0 Å². The quantitative estimate of drug-likeness (QED) is 0.489. The van der Waals surface area contributed by atoms with Crippen LogP contribution >= 0.6 is 27.5 Å². The highest BCUT2D eigenvalue weighted by Crippen LogP contribution is 2.36. The second-order valence-corrected chi connectivity index (χ2v) is 7.65. The molecule has 1 fully saturated rings. The Morgan fingerprint density at radius 1 is 1.38 bits per heavy atom. The molecule has 1 atom stereocenters. The van der Waals surface area contributed by atoms with Gasteiger partial charge in [-0.25, -0.2) is 4.39 Å².